The van der Waals surface area contributed by atoms with Gasteiger partial charge in [0.05, 0.1) is 11.9 Å². The summed E-state index contributed by atoms with van der Waals surface area (Å²) in [5, 5.41) is 7.64. The van der Waals surface area contributed by atoms with E-state index in [9.17, 15) is 22.4 Å². The number of hydrazone groups is 1. The number of carbonyl (C=O) groups excluding carboxylic acids is 1. The minimum absolute atomic E-state index is 0.0338. The molecule has 1 heterocycles. The molecule has 1 unspecified atom stereocenters. The Hall–Kier alpha value is -3.43. The molecule has 36 heavy (non-hydrogen) atoms. The molecule has 0 bridgehead atoms. The fraction of sp³-hybridized carbons (Fsp3) is 0.160. The van der Waals surface area contributed by atoms with Crippen LogP contribution in [0.1, 0.15) is 39.0 Å². The van der Waals surface area contributed by atoms with Gasteiger partial charge in [0.25, 0.3) is 11.5 Å². The lowest BCUT2D eigenvalue weighted by Gasteiger charge is -2.29. The van der Waals surface area contributed by atoms with Crippen LogP contribution in [0.2, 0.25) is 10.0 Å². The molecule has 1 N–H and O–H groups in total. The van der Waals surface area contributed by atoms with E-state index in [1.807, 2.05) is 0 Å². The molecular formula is C25H17Cl2F4N3O2. The first-order valence-electron chi connectivity index (χ1n) is 10.5. The van der Waals surface area contributed by atoms with Crippen LogP contribution in [0.5, 0.6) is 0 Å². The Bertz CT molecular complexity index is 1350. The summed E-state index contributed by atoms with van der Waals surface area (Å²) >= 11 is 11.9. The van der Waals surface area contributed by atoms with E-state index in [1.54, 1.807) is 6.92 Å². The second-order valence-electron chi connectivity index (χ2n) is 8.07. The number of hydrogen-bond acceptors (Lipinski definition) is 4. The van der Waals surface area contributed by atoms with Crippen molar-refractivity contribution in [1.29, 1.82) is 0 Å². The molecule has 1 atom stereocenters. The maximum absolute atomic E-state index is 14.2. The average Bonchev–Trinajstić information content (AvgIpc) is 3.27. The van der Waals surface area contributed by atoms with Crippen molar-refractivity contribution < 1.29 is 27.2 Å². The lowest BCUT2D eigenvalue weighted by atomic mass is 9.86. The molecule has 5 nitrogen and oxygen atoms in total. The molecule has 0 saturated heterocycles. The normalized spacial score (nSPS) is 17.7. The van der Waals surface area contributed by atoms with Gasteiger partial charge in [-0.3, -0.25) is 4.79 Å². The fourth-order valence-electron chi connectivity index (χ4n) is 3.72. The second kappa shape index (κ2) is 9.91. The lowest BCUT2D eigenvalue weighted by Crippen LogP contribution is -2.42. The molecule has 11 heteroatoms. The van der Waals surface area contributed by atoms with Crippen molar-refractivity contribution in [2.45, 2.75) is 25.1 Å². The highest BCUT2D eigenvalue weighted by Gasteiger charge is 2.62. The topological polar surface area (TPSA) is 63.0 Å². The Morgan fingerprint density at radius 1 is 1.08 bits per heavy atom. The first-order valence-corrected chi connectivity index (χ1v) is 11.2. The van der Waals surface area contributed by atoms with Gasteiger partial charge in [-0.15, -0.1) is 0 Å². The predicted molar refractivity (Wildman–Crippen MR) is 129 cm³/mol. The van der Waals surface area contributed by atoms with Crippen LogP contribution in [0.25, 0.3) is 0 Å². The van der Waals surface area contributed by atoms with E-state index >= 15 is 0 Å². The number of benzene rings is 3. The van der Waals surface area contributed by atoms with Crippen LogP contribution >= 0.6 is 23.2 Å². The summed E-state index contributed by atoms with van der Waals surface area (Å²) in [4.78, 5) is 17.5. The Labute approximate surface area is 213 Å². The Morgan fingerprint density at radius 3 is 2.36 bits per heavy atom. The molecule has 1 aliphatic heterocycles. The predicted octanol–water partition coefficient (Wildman–Crippen LogP) is 6.79. The summed E-state index contributed by atoms with van der Waals surface area (Å²) in [6, 6.07) is 13.6. The highest BCUT2D eigenvalue weighted by Crippen LogP contribution is 2.49. The van der Waals surface area contributed by atoms with Crippen molar-refractivity contribution in [3.63, 3.8) is 0 Å². The summed E-state index contributed by atoms with van der Waals surface area (Å²) < 4.78 is 55.6. The van der Waals surface area contributed by atoms with Crippen LogP contribution in [0.15, 0.2) is 70.9 Å². The van der Waals surface area contributed by atoms with Gasteiger partial charge < -0.3 is 4.84 Å². The molecule has 1 amide bonds. The first kappa shape index (κ1) is 25.7. The van der Waals surface area contributed by atoms with E-state index < -0.39 is 29.9 Å². The number of nitrogens with zero attached hydrogens (tertiary/aromatic N) is 2. The number of oxime groups is 1. The van der Waals surface area contributed by atoms with Crippen LogP contribution < -0.4 is 5.43 Å². The summed E-state index contributed by atoms with van der Waals surface area (Å²) in [7, 11) is 0. The van der Waals surface area contributed by atoms with Gasteiger partial charge in [0.2, 0.25) is 0 Å². The van der Waals surface area contributed by atoms with Crippen molar-refractivity contribution in [3.05, 3.63) is 104 Å². The Morgan fingerprint density at radius 2 is 1.75 bits per heavy atom. The number of alkyl halides is 3. The quantitative estimate of drug-likeness (QED) is 0.221. The molecule has 0 fully saturated rings. The number of nitrogens with one attached hydrogen (secondary N) is 1. The van der Waals surface area contributed by atoms with Crippen LogP contribution in [0.4, 0.5) is 17.6 Å². The van der Waals surface area contributed by atoms with Gasteiger partial charge in [-0.05, 0) is 66.1 Å². The van der Waals surface area contributed by atoms with Gasteiger partial charge in [0, 0.05) is 27.6 Å². The molecule has 186 valence electrons. The first-order chi connectivity index (χ1) is 17.0. The van der Waals surface area contributed by atoms with Crippen molar-refractivity contribution in [3.8, 4) is 0 Å². The van der Waals surface area contributed by atoms with Gasteiger partial charge >= 0.3 is 6.18 Å². The minimum Gasteiger partial charge on any atom is -0.374 e. The molecule has 0 radical (unpaired) electrons. The molecule has 1 aliphatic rings. The molecule has 3 aromatic carbocycles. The molecule has 0 spiro atoms. The summed E-state index contributed by atoms with van der Waals surface area (Å²) in [6.07, 6.45) is -4.08. The van der Waals surface area contributed by atoms with Crippen molar-refractivity contribution >= 4 is 41.0 Å². The average molecular weight is 538 g/mol. The highest BCUT2D eigenvalue weighted by atomic mass is 35.5. The van der Waals surface area contributed by atoms with Crippen molar-refractivity contribution in [2.24, 2.45) is 10.3 Å². The van der Waals surface area contributed by atoms with Gasteiger partial charge in [0.15, 0.2) is 0 Å². The number of rotatable bonds is 5. The molecule has 0 saturated carbocycles. The maximum Gasteiger partial charge on any atom is 0.435 e. The van der Waals surface area contributed by atoms with Crippen molar-refractivity contribution in [2.75, 3.05) is 0 Å². The van der Waals surface area contributed by atoms with Gasteiger partial charge in [-0.25, -0.2) is 9.82 Å². The Balaban J connectivity index is 1.53. The standard InChI is InChI=1S/C25H17Cl2F4N3O2/c1-14-8-16(4-7-21(14)23(35)33-32-13-15-2-5-20(28)6-3-15)22-12-24(36-34-22,25(29,30)31)17-9-18(26)11-19(27)10-17/h2-11,13H,12H2,1H3,(H,33,35). The van der Waals surface area contributed by atoms with E-state index in [0.717, 1.165) is 12.1 Å². The zero-order valence-corrected chi connectivity index (χ0v) is 20.0. The molecule has 4 rings (SSSR count). The van der Waals surface area contributed by atoms with Gasteiger partial charge in [-0.2, -0.15) is 18.3 Å². The van der Waals surface area contributed by atoms with Gasteiger partial charge in [-0.1, -0.05) is 46.6 Å². The van der Waals surface area contributed by atoms with E-state index in [2.05, 4.69) is 15.7 Å². The zero-order valence-electron chi connectivity index (χ0n) is 18.5. The molecular weight excluding hydrogens is 521 g/mol. The number of hydrogen-bond donors (Lipinski definition) is 1. The molecule has 3 aromatic rings. The SMILES string of the molecule is Cc1cc(C2=NOC(c3cc(Cl)cc(Cl)c3)(C(F)(F)F)C2)ccc1C(=O)NN=Cc1ccc(F)cc1. The minimum atomic E-state index is -4.82. The van der Waals surface area contributed by atoms with Crippen LogP contribution in [0, 0.1) is 12.7 Å². The van der Waals surface area contributed by atoms with E-state index in [0.29, 0.717) is 16.7 Å². The second-order valence-corrected chi connectivity index (χ2v) is 8.94. The monoisotopic (exact) mass is 537 g/mol. The maximum atomic E-state index is 14.2. The Kier molecular flexibility index (Phi) is 7.06. The number of halogens is 6. The van der Waals surface area contributed by atoms with Crippen LogP contribution in [-0.4, -0.2) is 24.0 Å². The third-order valence-corrected chi connectivity index (χ3v) is 6.01. The summed E-state index contributed by atoms with van der Waals surface area (Å²) in [6.45, 7) is 1.63. The molecule has 0 aromatic heterocycles. The summed E-state index contributed by atoms with van der Waals surface area (Å²) in [5.74, 6) is -0.923. The van der Waals surface area contributed by atoms with Crippen LogP contribution in [0.3, 0.4) is 0 Å². The zero-order chi connectivity index (χ0) is 26.1. The van der Waals surface area contributed by atoms with E-state index in [4.69, 9.17) is 28.0 Å². The van der Waals surface area contributed by atoms with E-state index in [1.165, 1.54) is 54.7 Å². The van der Waals surface area contributed by atoms with Crippen LogP contribution in [-0.2, 0) is 10.4 Å². The fourth-order valence-corrected chi connectivity index (χ4v) is 4.24. The lowest BCUT2D eigenvalue weighted by molar-refractivity contribution is -0.275. The number of aryl methyl sites for hydroxylation is 1. The third-order valence-electron chi connectivity index (χ3n) is 5.57. The smallest absolute Gasteiger partial charge is 0.374 e. The number of carbonyl (C=O) groups is 1. The van der Waals surface area contributed by atoms with Gasteiger partial charge in [0.1, 0.15) is 5.82 Å². The molecule has 0 aliphatic carbocycles. The van der Waals surface area contributed by atoms with E-state index in [-0.39, 0.29) is 26.9 Å². The van der Waals surface area contributed by atoms with Crippen molar-refractivity contribution in [1.82, 2.24) is 5.43 Å². The highest BCUT2D eigenvalue weighted by molar-refractivity contribution is 6.34. The largest absolute Gasteiger partial charge is 0.435 e. The summed E-state index contributed by atoms with van der Waals surface area (Å²) in [5.41, 5.74) is 1.08. The number of amides is 1. The third kappa shape index (κ3) is 5.22.